The van der Waals surface area contributed by atoms with Gasteiger partial charge in [0.05, 0.1) is 11.8 Å². The summed E-state index contributed by atoms with van der Waals surface area (Å²) < 4.78 is 0. The second-order valence-electron chi connectivity index (χ2n) is 8.01. The van der Waals surface area contributed by atoms with Gasteiger partial charge in [0.15, 0.2) is 0 Å². The Morgan fingerprint density at radius 1 is 1.19 bits per heavy atom. The fourth-order valence-electron chi connectivity index (χ4n) is 5.06. The summed E-state index contributed by atoms with van der Waals surface area (Å²) in [6.07, 6.45) is 0.701. The molecule has 6 nitrogen and oxygen atoms in total. The molecule has 138 valence electrons. The van der Waals surface area contributed by atoms with E-state index in [-0.39, 0.29) is 29.8 Å². The van der Waals surface area contributed by atoms with Gasteiger partial charge >= 0.3 is 0 Å². The highest BCUT2D eigenvalue weighted by molar-refractivity contribution is 6.15. The molecule has 0 aliphatic carbocycles. The van der Waals surface area contributed by atoms with E-state index in [0.717, 1.165) is 22.4 Å². The van der Waals surface area contributed by atoms with Crippen LogP contribution in [0.15, 0.2) is 12.1 Å². The van der Waals surface area contributed by atoms with Crippen molar-refractivity contribution in [2.75, 3.05) is 5.32 Å². The molecule has 2 saturated heterocycles. The minimum Gasteiger partial charge on any atom is -0.324 e. The van der Waals surface area contributed by atoms with E-state index in [0.29, 0.717) is 6.42 Å². The predicted octanol–water partition coefficient (Wildman–Crippen LogP) is 1.84. The zero-order valence-electron chi connectivity index (χ0n) is 15.8. The molecule has 0 bridgehead atoms. The molecule has 1 aromatic rings. The van der Waals surface area contributed by atoms with Crippen LogP contribution in [0.5, 0.6) is 0 Å². The van der Waals surface area contributed by atoms with Crippen LogP contribution < -0.4 is 10.6 Å². The van der Waals surface area contributed by atoms with Crippen molar-refractivity contribution in [1.29, 1.82) is 0 Å². The number of amides is 3. The molecule has 3 aliphatic heterocycles. The maximum atomic E-state index is 13.3. The van der Waals surface area contributed by atoms with E-state index in [4.69, 9.17) is 0 Å². The zero-order chi connectivity index (χ0) is 19.0. The molecule has 2 N–H and O–H groups in total. The Hall–Kier alpha value is -2.21. The third-order valence-corrected chi connectivity index (χ3v) is 6.38. The van der Waals surface area contributed by atoms with Gasteiger partial charge in [0.25, 0.3) is 0 Å². The third-order valence-electron chi connectivity index (χ3n) is 6.38. The summed E-state index contributed by atoms with van der Waals surface area (Å²) in [5.41, 5.74) is 2.41. The van der Waals surface area contributed by atoms with Crippen molar-refractivity contribution in [3.8, 4) is 0 Å². The number of carbonyl (C=O) groups excluding carboxylic acids is 3. The van der Waals surface area contributed by atoms with Gasteiger partial charge in [-0.2, -0.15) is 0 Å². The van der Waals surface area contributed by atoms with Crippen molar-refractivity contribution >= 4 is 23.4 Å². The lowest BCUT2D eigenvalue weighted by Crippen LogP contribution is -2.53. The first-order valence-electron chi connectivity index (χ1n) is 9.31. The summed E-state index contributed by atoms with van der Waals surface area (Å²) in [6.45, 7) is 9.67. The lowest BCUT2D eigenvalue weighted by atomic mass is 9.76. The maximum absolute atomic E-state index is 13.3. The normalized spacial score (nSPS) is 33.7. The highest BCUT2D eigenvalue weighted by Crippen LogP contribution is 2.53. The minimum absolute atomic E-state index is 0.156. The van der Waals surface area contributed by atoms with Gasteiger partial charge in [0.2, 0.25) is 17.7 Å². The first kappa shape index (κ1) is 17.2. The zero-order valence-corrected chi connectivity index (χ0v) is 15.8. The van der Waals surface area contributed by atoms with Crippen molar-refractivity contribution in [2.45, 2.75) is 58.7 Å². The topological polar surface area (TPSA) is 78.5 Å². The average molecular weight is 355 g/mol. The van der Waals surface area contributed by atoms with Crippen molar-refractivity contribution < 1.29 is 14.4 Å². The monoisotopic (exact) mass is 355 g/mol. The molecule has 0 aromatic heterocycles. The minimum atomic E-state index is -1.16. The second-order valence-corrected chi connectivity index (χ2v) is 8.01. The average Bonchev–Trinajstić information content (AvgIpc) is 3.13. The molecule has 5 unspecified atom stereocenters. The maximum Gasteiger partial charge on any atom is 0.250 e. The number of rotatable bonds is 2. The fourth-order valence-corrected chi connectivity index (χ4v) is 5.06. The number of anilines is 1. The summed E-state index contributed by atoms with van der Waals surface area (Å²) in [4.78, 5) is 40.9. The van der Waals surface area contributed by atoms with E-state index < -0.39 is 17.4 Å². The van der Waals surface area contributed by atoms with Crippen LogP contribution in [0.3, 0.4) is 0 Å². The number of imide groups is 1. The van der Waals surface area contributed by atoms with E-state index >= 15 is 0 Å². The molecular formula is C20H25N3O3. The number of carbonyl (C=O) groups is 3. The van der Waals surface area contributed by atoms with Gasteiger partial charge in [0, 0.05) is 23.3 Å². The molecule has 1 aromatic carbocycles. The van der Waals surface area contributed by atoms with Gasteiger partial charge in [-0.3, -0.25) is 24.6 Å². The Bertz CT molecular complexity index is 849. The molecule has 6 heteroatoms. The summed E-state index contributed by atoms with van der Waals surface area (Å²) in [7, 11) is 0. The quantitative estimate of drug-likeness (QED) is 0.794. The SMILES string of the molecule is CCC(C)N1C(=O)C2C(C)NC3(C(=O)Nc4c(C)cc(C)cc43)C2C1=O. The van der Waals surface area contributed by atoms with E-state index in [1.165, 1.54) is 4.90 Å². The van der Waals surface area contributed by atoms with Crippen LogP contribution in [0.2, 0.25) is 0 Å². The lowest BCUT2D eigenvalue weighted by molar-refractivity contribution is -0.145. The van der Waals surface area contributed by atoms with Crippen LogP contribution in [0.1, 0.15) is 43.9 Å². The summed E-state index contributed by atoms with van der Waals surface area (Å²) >= 11 is 0. The molecular weight excluding hydrogens is 330 g/mol. The summed E-state index contributed by atoms with van der Waals surface area (Å²) in [5.74, 6) is -1.81. The van der Waals surface area contributed by atoms with Crippen LogP contribution in [0.25, 0.3) is 0 Å². The third kappa shape index (κ3) is 1.88. The first-order chi connectivity index (χ1) is 12.2. The number of likely N-dealkylation sites (tertiary alicyclic amines) is 1. The largest absolute Gasteiger partial charge is 0.324 e. The second kappa shape index (κ2) is 5.39. The fraction of sp³-hybridized carbons (Fsp3) is 0.550. The standard InChI is InChI=1S/C20H25N3O3/c1-6-11(4)23-17(24)14-12(5)22-20(15(14)18(23)25)13-8-9(2)7-10(3)16(13)21-19(20)26/h7-8,11-12,14-15,22H,6H2,1-5H3,(H,21,26). The summed E-state index contributed by atoms with van der Waals surface area (Å²) in [6, 6.07) is 3.57. The number of nitrogens with zero attached hydrogens (tertiary/aromatic N) is 1. The van der Waals surface area contributed by atoms with E-state index in [1.54, 1.807) is 0 Å². The van der Waals surface area contributed by atoms with Crippen molar-refractivity contribution in [3.63, 3.8) is 0 Å². The lowest BCUT2D eigenvalue weighted by Gasteiger charge is -2.30. The molecule has 5 atom stereocenters. The smallest absolute Gasteiger partial charge is 0.250 e. The Labute approximate surface area is 153 Å². The molecule has 1 spiro atoms. The van der Waals surface area contributed by atoms with Crippen LogP contribution in [-0.2, 0) is 19.9 Å². The number of hydrogen-bond donors (Lipinski definition) is 2. The number of aryl methyl sites for hydroxylation is 2. The van der Waals surface area contributed by atoms with Gasteiger partial charge in [-0.25, -0.2) is 0 Å². The Morgan fingerprint density at radius 2 is 1.88 bits per heavy atom. The van der Waals surface area contributed by atoms with Gasteiger partial charge in [0.1, 0.15) is 5.54 Å². The van der Waals surface area contributed by atoms with Crippen molar-refractivity contribution in [2.24, 2.45) is 11.8 Å². The van der Waals surface area contributed by atoms with Gasteiger partial charge in [-0.15, -0.1) is 0 Å². The van der Waals surface area contributed by atoms with Gasteiger partial charge in [-0.1, -0.05) is 24.6 Å². The highest BCUT2D eigenvalue weighted by atomic mass is 16.2. The van der Waals surface area contributed by atoms with E-state index in [2.05, 4.69) is 10.6 Å². The van der Waals surface area contributed by atoms with E-state index in [1.807, 2.05) is 46.8 Å². The number of hydrogen-bond acceptors (Lipinski definition) is 4. The molecule has 3 amide bonds. The van der Waals surface area contributed by atoms with Crippen LogP contribution in [0, 0.1) is 25.7 Å². The van der Waals surface area contributed by atoms with Crippen LogP contribution >= 0.6 is 0 Å². The molecule has 2 fully saturated rings. The first-order valence-corrected chi connectivity index (χ1v) is 9.31. The van der Waals surface area contributed by atoms with Gasteiger partial charge in [-0.05, 0) is 39.7 Å². The van der Waals surface area contributed by atoms with Crippen molar-refractivity contribution in [1.82, 2.24) is 10.2 Å². The molecule has 3 aliphatic rings. The molecule has 26 heavy (non-hydrogen) atoms. The van der Waals surface area contributed by atoms with Crippen molar-refractivity contribution in [3.05, 3.63) is 28.8 Å². The molecule has 3 heterocycles. The van der Waals surface area contributed by atoms with E-state index in [9.17, 15) is 14.4 Å². The van der Waals surface area contributed by atoms with Crippen LogP contribution in [-0.4, -0.2) is 34.7 Å². The molecule has 0 saturated carbocycles. The number of fused-ring (bicyclic) bond motifs is 4. The Balaban J connectivity index is 1.91. The highest BCUT2D eigenvalue weighted by Gasteiger charge is 2.70. The number of nitrogens with one attached hydrogen (secondary N) is 2. The Morgan fingerprint density at radius 3 is 2.54 bits per heavy atom. The van der Waals surface area contributed by atoms with Crippen LogP contribution in [0.4, 0.5) is 5.69 Å². The van der Waals surface area contributed by atoms with Gasteiger partial charge < -0.3 is 5.32 Å². The predicted molar refractivity (Wildman–Crippen MR) is 97.4 cm³/mol. The molecule has 0 radical (unpaired) electrons. The number of benzene rings is 1. The summed E-state index contributed by atoms with van der Waals surface area (Å²) in [5, 5.41) is 6.32. The Kier molecular flexibility index (Phi) is 3.57. The molecule has 4 rings (SSSR count).